The lowest BCUT2D eigenvalue weighted by Crippen LogP contribution is -2.39. The summed E-state index contributed by atoms with van der Waals surface area (Å²) in [4.78, 5) is 11.9. The van der Waals surface area contributed by atoms with Gasteiger partial charge in [-0.1, -0.05) is 6.07 Å². The fourth-order valence-electron chi connectivity index (χ4n) is 2.32. The number of hydrogen-bond donors (Lipinski definition) is 2. The lowest BCUT2D eigenvalue weighted by atomic mass is 10.1. The summed E-state index contributed by atoms with van der Waals surface area (Å²) in [5.41, 5.74) is 1.00. The molecule has 0 spiro atoms. The lowest BCUT2D eigenvalue weighted by Gasteiger charge is -2.13. The Morgan fingerprint density at radius 3 is 2.86 bits per heavy atom. The number of halogens is 1. The molecule has 1 heterocycles. The van der Waals surface area contributed by atoms with E-state index in [9.17, 15) is 4.79 Å². The second-order valence-corrected chi connectivity index (χ2v) is 4.78. The summed E-state index contributed by atoms with van der Waals surface area (Å²) in [6, 6.07) is 5.66. The lowest BCUT2D eigenvalue weighted by molar-refractivity contribution is -0.122. The van der Waals surface area contributed by atoms with Gasteiger partial charge in [-0.05, 0) is 44.0 Å². The molecule has 118 valence electrons. The van der Waals surface area contributed by atoms with Gasteiger partial charge in [-0.15, -0.1) is 12.4 Å². The Hall–Kier alpha value is -1.46. The Morgan fingerprint density at radius 2 is 2.24 bits per heavy atom. The van der Waals surface area contributed by atoms with Gasteiger partial charge >= 0.3 is 0 Å². The van der Waals surface area contributed by atoms with Gasteiger partial charge in [-0.3, -0.25) is 4.79 Å². The summed E-state index contributed by atoms with van der Waals surface area (Å²) in [5, 5.41) is 6.14. The molecular weight excluding hydrogens is 292 g/mol. The SMILES string of the molecule is CCOc1cc(CNC(=O)C2CCCN2)ccc1OC.Cl. The average molecular weight is 315 g/mol. The Bertz CT molecular complexity index is 462. The Kier molecular flexibility index (Phi) is 7.32. The van der Waals surface area contributed by atoms with E-state index in [0.717, 1.165) is 24.9 Å². The zero-order chi connectivity index (χ0) is 14.4. The number of amides is 1. The smallest absolute Gasteiger partial charge is 0.237 e. The van der Waals surface area contributed by atoms with Gasteiger partial charge in [0, 0.05) is 6.54 Å². The average Bonchev–Trinajstić information content (AvgIpc) is 2.99. The first kappa shape index (κ1) is 17.6. The van der Waals surface area contributed by atoms with Crippen LogP contribution in [-0.2, 0) is 11.3 Å². The molecule has 6 heteroatoms. The Morgan fingerprint density at radius 1 is 1.43 bits per heavy atom. The minimum absolute atomic E-state index is 0. The monoisotopic (exact) mass is 314 g/mol. The summed E-state index contributed by atoms with van der Waals surface area (Å²) in [6.07, 6.45) is 1.98. The molecule has 1 saturated heterocycles. The van der Waals surface area contributed by atoms with Crippen molar-refractivity contribution < 1.29 is 14.3 Å². The Labute approximate surface area is 131 Å². The standard InChI is InChI=1S/C15H22N2O3.ClH/c1-3-20-14-9-11(6-7-13(14)19-2)10-17-15(18)12-5-4-8-16-12;/h6-7,9,12,16H,3-5,8,10H2,1-2H3,(H,17,18);1H. The summed E-state index contributed by atoms with van der Waals surface area (Å²) in [5.74, 6) is 1.48. The van der Waals surface area contributed by atoms with E-state index in [2.05, 4.69) is 10.6 Å². The zero-order valence-corrected chi connectivity index (χ0v) is 13.3. The molecule has 1 aromatic rings. The van der Waals surface area contributed by atoms with Crippen LogP contribution in [0.2, 0.25) is 0 Å². The molecule has 1 unspecified atom stereocenters. The third-order valence-electron chi connectivity index (χ3n) is 3.37. The highest BCUT2D eigenvalue weighted by Crippen LogP contribution is 2.27. The van der Waals surface area contributed by atoms with Crippen molar-refractivity contribution in [3.05, 3.63) is 23.8 Å². The van der Waals surface area contributed by atoms with Crippen LogP contribution in [0.15, 0.2) is 18.2 Å². The van der Waals surface area contributed by atoms with Crippen molar-refractivity contribution in [1.29, 1.82) is 0 Å². The number of benzene rings is 1. The highest BCUT2D eigenvalue weighted by Gasteiger charge is 2.21. The molecule has 1 aliphatic heterocycles. The molecule has 0 radical (unpaired) electrons. The van der Waals surface area contributed by atoms with Crippen LogP contribution in [0.5, 0.6) is 11.5 Å². The minimum atomic E-state index is -0.0420. The van der Waals surface area contributed by atoms with Crippen LogP contribution >= 0.6 is 12.4 Å². The summed E-state index contributed by atoms with van der Waals surface area (Å²) >= 11 is 0. The van der Waals surface area contributed by atoms with E-state index < -0.39 is 0 Å². The molecule has 1 aliphatic rings. The van der Waals surface area contributed by atoms with Gasteiger partial charge in [-0.25, -0.2) is 0 Å². The fraction of sp³-hybridized carbons (Fsp3) is 0.533. The molecule has 5 nitrogen and oxygen atoms in total. The summed E-state index contributed by atoms with van der Waals surface area (Å²) in [6.45, 7) is 3.94. The van der Waals surface area contributed by atoms with Crippen LogP contribution in [0.3, 0.4) is 0 Å². The molecule has 1 amide bonds. The van der Waals surface area contributed by atoms with E-state index in [1.807, 2.05) is 25.1 Å². The first-order chi connectivity index (χ1) is 9.74. The maximum atomic E-state index is 11.9. The van der Waals surface area contributed by atoms with E-state index in [0.29, 0.717) is 24.7 Å². The number of rotatable bonds is 6. The van der Waals surface area contributed by atoms with Gasteiger partial charge < -0.3 is 20.1 Å². The highest BCUT2D eigenvalue weighted by molar-refractivity contribution is 5.85. The normalized spacial score (nSPS) is 17.0. The first-order valence-corrected chi connectivity index (χ1v) is 7.05. The van der Waals surface area contributed by atoms with Crippen LogP contribution in [0, 0.1) is 0 Å². The Balaban J connectivity index is 0.00000220. The van der Waals surface area contributed by atoms with Gasteiger partial charge in [0.15, 0.2) is 11.5 Å². The first-order valence-electron chi connectivity index (χ1n) is 7.05. The maximum absolute atomic E-state index is 11.9. The van der Waals surface area contributed by atoms with Crippen LogP contribution in [0.25, 0.3) is 0 Å². The van der Waals surface area contributed by atoms with E-state index in [1.54, 1.807) is 7.11 Å². The third kappa shape index (κ3) is 4.79. The van der Waals surface area contributed by atoms with Crippen molar-refractivity contribution >= 4 is 18.3 Å². The number of methoxy groups -OCH3 is 1. The number of carbonyl (C=O) groups is 1. The minimum Gasteiger partial charge on any atom is -0.493 e. The molecule has 0 saturated carbocycles. The van der Waals surface area contributed by atoms with Gasteiger partial charge in [-0.2, -0.15) is 0 Å². The van der Waals surface area contributed by atoms with Crippen molar-refractivity contribution in [3.8, 4) is 11.5 Å². The summed E-state index contributed by atoms with van der Waals surface area (Å²) < 4.78 is 10.8. The van der Waals surface area contributed by atoms with Crippen LogP contribution in [0.1, 0.15) is 25.3 Å². The van der Waals surface area contributed by atoms with Gasteiger partial charge in [0.25, 0.3) is 0 Å². The molecule has 1 atom stereocenters. The third-order valence-corrected chi connectivity index (χ3v) is 3.37. The molecule has 2 N–H and O–H groups in total. The van der Waals surface area contributed by atoms with Crippen molar-refractivity contribution in [3.63, 3.8) is 0 Å². The van der Waals surface area contributed by atoms with Crippen LogP contribution in [-0.4, -0.2) is 32.2 Å². The highest BCUT2D eigenvalue weighted by atomic mass is 35.5. The van der Waals surface area contributed by atoms with Gasteiger partial charge in [0.2, 0.25) is 5.91 Å². The fourth-order valence-corrected chi connectivity index (χ4v) is 2.32. The molecule has 1 fully saturated rings. The topological polar surface area (TPSA) is 59.6 Å². The molecule has 0 aromatic heterocycles. The molecule has 0 bridgehead atoms. The number of nitrogens with one attached hydrogen (secondary N) is 2. The second kappa shape index (κ2) is 8.74. The van der Waals surface area contributed by atoms with Crippen molar-refractivity contribution in [1.82, 2.24) is 10.6 Å². The second-order valence-electron chi connectivity index (χ2n) is 4.78. The van der Waals surface area contributed by atoms with Crippen LogP contribution < -0.4 is 20.1 Å². The molecule has 1 aromatic carbocycles. The number of ether oxygens (including phenoxy) is 2. The predicted molar refractivity (Wildman–Crippen MR) is 84.3 cm³/mol. The summed E-state index contributed by atoms with van der Waals surface area (Å²) in [7, 11) is 1.62. The zero-order valence-electron chi connectivity index (χ0n) is 12.5. The molecule has 2 rings (SSSR count). The molecule has 0 aliphatic carbocycles. The predicted octanol–water partition coefficient (Wildman–Crippen LogP) is 1.88. The van der Waals surface area contributed by atoms with Crippen LogP contribution in [0.4, 0.5) is 0 Å². The van der Waals surface area contributed by atoms with Crippen molar-refractivity contribution in [2.24, 2.45) is 0 Å². The maximum Gasteiger partial charge on any atom is 0.237 e. The largest absolute Gasteiger partial charge is 0.493 e. The van der Waals surface area contributed by atoms with E-state index in [-0.39, 0.29) is 24.4 Å². The van der Waals surface area contributed by atoms with Gasteiger partial charge in [0.1, 0.15) is 0 Å². The van der Waals surface area contributed by atoms with Crippen molar-refractivity contribution in [2.45, 2.75) is 32.4 Å². The van der Waals surface area contributed by atoms with Gasteiger partial charge in [0.05, 0.1) is 19.8 Å². The number of carbonyl (C=O) groups excluding carboxylic acids is 1. The van der Waals surface area contributed by atoms with Crippen molar-refractivity contribution in [2.75, 3.05) is 20.3 Å². The molecular formula is C15H23ClN2O3. The molecule has 21 heavy (non-hydrogen) atoms. The van der Waals surface area contributed by atoms with E-state index in [1.165, 1.54) is 0 Å². The van der Waals surface area contributed by atoms with E-state index >= 15 is 0 Å². The van der Waals surface area contributed by atoms with E-state index in [4.69, 9.17) is 9.47 Å². The quantitative estimate of drug-likeness (QED) is 0.842. The number of hydrogen-bond acceptors (Lipinski definition) is 4.